The van der Waals surface area contributed by atoms with Crippen LogP contribution in [0.5, 0.6) is 0 Å². The molecule has 0 saturated heterocycles. The molecule has 0 saturated carbocycles. The Bertz CT molecular complexity index is 443. The van der Waals surface area contributed by atoms with Crippen LogP contribution in [-0.4, -0.2) is 6.29 Å². The molecule has 2 aromatic rings. The smallest absolute Gasteiger partial charge is 0.150 e. The molecule has 1 heterocycles. The van der Waals surface area contributed by atoms with Crippen LogP contribution < -0.4 is 0 Å². The van der Waals surface area contributed by atoms with E-state index in [2.05, 4.69) is 5.38 Å². The second-order valence-corrected chi connectivity index (χ2v) is 3.95. The molecule has 0 atom stereocenters. The van der Waals surface area contributed by atoms with Gasteiger partial charge in [-0.3, -0.25) is 4.79 Å². The molecule has 70 valence electrons. The third-order valence-electron chi connectivity index (χ3n) is 2.24. The Morgan fingerprint density at radius 1 is 1.29 bits per heavy atom. The summed E-state index contributed by atoms with van der Waals surface area (Å²) in [5.41, 5.74) is 4.11. The molecule has 0 amide bonds. The van der Waals surface area contributed by atoms with Crippen LogP contribution in [0.1, 0.15) is 15.9 Å². The van der Waals surface area contributed by atoms with Crippen molar-refractivity contribution in [1.82, 2.24) is 0 Å². The maximum Gasteiger partial charge on any atom is 0.150 e. The van der Waals surface area contributed by atoms with Gasteiger partial charge in [-0.1, -0.05) is 18.2 Å². The Balaban J connectivity index is 2.67. The van der Waals surface area contributed by atoms with Crippen LogP contribution >= 0.6 is 11.3 Å². The predicted molar refractivity (Wildman–Crippen MR) is 59.9 cm³/mol. The van der Waals surface area contributed by atoms with E-state index in [0.29, 0.717) is 0 Å². The van der Waals surface area contributed by atoms with Gasteiger partial charge in [0, 0.05) is 5.56 Å². The zero-order chi connectivity index (χ0) is 9.97. The number of carbonyl (C=O) groups excluding carboxylic acids is 1. The van der Waals surface area contributed by atoms with E-state index in [9.17, 15) is 4.79 Å². The fraction of sp³-hybridized carbons (Fsp3) is 0.0833. The molecule has 0 aliphatic rings. The Morgan fingerprint density at radius 3 is 2.79 bits per heavy atom. The fourth-order valence-electron chi connectivity index (χ4n) is 1.59. The zero-order valence-corrected chi connectivity index (χ0v) is 8.67. The molecule has 0 unspecified atom stereocenters. The van der Waals surface area contributed by atoms with Crippen molar-refractivity contribution >= 4 is 17.6 Å². The van der Waals surface area contributed by atoms with Crippen molar-refractivity contribution in [3.05, 3.63) is 46.2 Å². The molecule has 14 heavy (non-hydrogen) atoms. The van der Waals surface area contributed by atoms with Gasteiger partial charge in [-0.25, -0.2) is 0 Å². The standard InChI is InChI=1S/C12H10OS/c1-9-3-2-4-10(7-13)12(9)11-5-6-14-8-11/h2-8H,1H3. The number of hydrogen-bond acceptors (Lipinski definition) is 2. The van der Waals surface area contributed by atoms with E-state index in [-0.39, 0.29) is 0 Å². The predicted octanol–water partition coefficient (Wildman–Crippen LogP) is 3.54. The van der Waals surface area contributed by atoms with Crippen LogP contribution in [0, 0.1) is 6.92 Å². The topological polar surface area (TPSA) is 17.1 Å². The molecule has 2 rings (SSSR count). The summed E-state index contributed by atoms with van der Waals surface area (Å²) >= 11 is 1.65. The number of benzene rings is 1. The summed E-state index contributed by atoms with van der Waals surface area (Å²) in [5.74, 6) is 0. The molecule has 1 aromatic carbocycles. The molecule has 0 spiro atoms. The molecular weight excluding hydrogens is 192 g/mol. The average molecular weight is 202 g/mol. The highest BCUT2D eigenvalue weighted by Crippen LogP contribution is 2.28. The van der Waals surface area contributed by atoms with Crippen molar-refractivity contribution in [2.75, 3.05) is 0 Å². The molecule has 0 aliphatic heterocycles. The van der Waals surface area contributed by atoms with Crippen LogP contribution in [0.4, 0.5) is 0 Å². The highest BCUT2D eigenvalue weighted by atomic mass is 32.1. The van der Waals surface area contributed by atoms with Crippen molar-refractivity contribution in [1.29, 1.82) is 0 Å². The number of aryl methyl sites for hydroxylation is 1. The molecule has 1 nitrogen and oxygen atoms in total. The third kappa shape index (κ3) is 1.49. The molecule has 0 aliphatic carbocycles. The SMILES string of the molecule is Cc1cccc(C=O)c1-c1ccsc1. The monoisotopic (exact) mass is 202 g/mol. The Labute approximate surface area is 87.0 Å². The molecule has 2 heteroatoms. The molecule has 0 bridgehead atoms. The summed E-state index contributed by atoms with van der Waals surface area (Å²) in [6, 6.07) is 7.84. The second kappa shape index (κ2) is 3.76. The minimum atomic E-state index is 0.767. The van der Waals surface area contributed by atoms with E-state index in [1.807, 2.05) is 36.6 Å². The first-order valence-corrected chi connectivity index (χ1v) is 5.34. The van der Waals surface area contributed by atoms with E-state index in [1.54, 1.807) is 11.3 Å². The third-order valence-corrected chi connectivity index (χ3v) is 2.93. The van der Waals surface area contributed by atoms with Gasteiger partial charge in [-0.15, -0.1) is 0 Å². The van der Waals surface area contributed by atoms with Gasteiger partial charge in [0.05, 0.1) is 0 Å². The quantitative estimate of drug-likeness (QED) is 0.681. The van der Waals surface area contributed by atoms with E-state index >= 15 is 0 Å². The van der Waals surface area contributed by atoms with Crippen LogP contribution in [0.2, 0.25) is 0 Å². The molecule has 0 radical (unpaired) electrons. The van der Waals surface area contributed by atoms with E-state index in [4.69, 9.17) is 0 Å². The Morgan fingerprint density at radius 2 is 2.14 bits per heavy atom. The normalized spacial score (nSPS) is 10.1. The first-order chi connectivity index (χ1) is 6.83. The van der Waals surface area contributed by atoms with Crippen LogP contribution in [0.25, 0.3) is 11.1 Å². The van der Waals surface area contributed by atoms with E-state index in [1.165, 1.54) is 0 Å². The maximum atomic E-state index is 10.9. The lowest BCUT2D eigenvalue weighted by Gasteiger charge is -2.05. The summed E-state index contributed by atoms with van der Waals surface area (Å²) in [4.78, 5) is 10.9. The number of thiophene rings is 1. The van der Waals surface area contributed by atoms with Crippen molar-refractivity contribution in [3.8, 4) is 11.1 Å². The second-order valence-electron chi connectivity index (χ2n) is 3.17. The van der Waals surface area contributed by atoms with Gasteiger partial charge in [0.2, 0.25) is 0 Å². The molecular formula is C12H10OS. The lowest BCUT2D eigenvalue weighted by atomic mass is 9.98. The largest absolute Gasteiger partial charge is 0.298 e. The summed E-state index contributed by atoms with van der Waals surface area (Å²) in [6.45, 7) is 2.03. The first kappa shape index (κ1) is 9.16. The van der Waals surface area contributed by atoms with Crippen molar-refractivity contribution in [2.24, 2.45) is 0 Å². The van der Waals surface area contributed by atoms with Crippen molar-refractivity contribution in [3.63, 3.8) is 0 Å². The van der Waals surface area contributed by atoms with Gasteiger partial charge in [0.15, 0.2) is 6.29 Å². The van der Waals surface area contributed by atoms with Crippen molar-refractivity contribution < 1.29 is 4.79 Å². The van der Waals surface area contributed by atoms with Gasteiger partial charge in [0.1, 0.15) is 0 Å². The Kier molecular flexibility index (Phi) is 2.46. The number of rotatable bonds is 2. The maximum absolute atomic E-state index is 10.9. The molecule has 0 N–H and O–H groups in total. The van der Waals surface area contributed by atoms with Gasteiger partial charge in [0.25, 0.3) is 0 Å². The van der Waals surface area contributed by atoms with Gasteiger partial charge in [-0.05, 0) is 40.4 Å². The van der Waals surface area contributed by atoms with Gasteiger partial charge >= 0.3 is 0 Å². The number of carbonyl (C=O) groups is 1. The van der Waals surface area contributed by atoms with E-state index < -0.39 is 0 Å². The van der Waals surface area contributed by atoms with Crippen LogP contribution in [0.3, 0.4) is 0 Å². The fourth-order valence-corrected chi connectivity index (χ4v) is 2.24. The Hall–Kier alpha value is -1.41. The number of hydrogen-bond donors (Lipinski definition) is 0. The average Bonchev–Trinajstić information content (AvgIpc) is 2.70. The van der Waals surface area contributed by atoms with E-state index in [0.717, 1.165) is 28.5 Å². The summed E-state index contributed by atoms with van der Waals surface area (Å²) < 4.78 is 0. The highest BCUT2D eigenvalue weighted by molar-refractivity contribution is 7.08. The minimum absolute atomic E-state index is 0.767. The zero-order valence-electron chi connectivity index (χ0n) is 7.86. The molecule has 0 fully saturated rings. The van der Waals surface area contributed by atoms with Crippen LogP contribution in [0.15, 0.2) is 35.0 Å². The summed E-state index contributed by atoms with van der Waals surface area (Å²) in [5, 5.41) is 4.09. The van der Waals surface area contributed by atoms with Gasteiger partial charge < -0.3 is 0 Å². The number of aldehydes is 1. The summed E-state index contributed by atoms with van der Waals surface area (Å²) in [7, 11) is 0. The summed E-state index contributed by atoms with van der Waals surface area (Å²) in [6.07, 6.45) is 0.917. The van der Waals surface area contributed by atoms with Crippen LogP contribution in [-0.2, 0) is 0 Å². The first-order valence-electron chi connectivity index (χ1n) is 4.40. The van der Waals surface area contributed by atoms with Crippen molar-refractivity contribution in [2.45, 2.75) is 6.92 Å². The minimum Gasteiger partial charge on any atom is -0.298 e. The lowest BCUT2D eigenvalue weighted by Crippen LogP contribution is -1.89. The molecule has 1 aromatic heterocycles. The lowest BCUT2D eigenvalue weighted by molar-refractivity contribution is 0.112. The highest BCUT2D eigenvalue weighted by Gasteiger charge is 2.06. The van der Waals surface area contributed by atoms with Gasteiger partial charge in [-0.2, -0.15) is 11.3 Å².